The quantitative estimate of drug-likeness (QED) is 0.612. The molecule has 5 heteroatoms. The highest BCUT2D eigenvalue weighted by atomic mass is 19.1. The molecule has 0 saturated heterocycles. The maximum absolute atomic E-state index is 13.1. The summed E-state index contributed by atoms with van der Waals surface area (Å²) in [6.07, 6.45) is 1.63. The van der Waals surface area contributed by atoms with Crippen molar-refractivity contribution in [1.82, 2.24) is 5.32 Å². The van der Waals surface area contributed by atoms with Gasteiger partial charge in [-0.1, -0.05) is 0 Å². The molecule has 1 aliphatic rings. The smallest absolute Gasteiger partial charge is 0.274 e. The van der Waals surface area contributed by atoms with Crippen LogP contribution in [-0.2, 0) is 5.54 Å². The van der Waals surface area contributed by atoms with Gasteiger partial charge in [0.15, 0.2) is 0 Å². The van der Waals surface area contributed by atoms with E-state index in [0.717, 1.165) is 18.9 Å². The van der Waals surface area contributed by atoms with E-state index in [0.29, 0.717) is 5.56 Å². The number of rotatable bonds is 3. The first-order chi connectivity index (χ1) is 7.09. The lowest BCUT2D eigenvalue weighted by Crippen LogP contribution is -2.25. The minimum absolute atomic E-state index is 0.0109. The molecule has 0 aromatic heterocycles. The van der Waals surface area contributed by atoms with Gasteiger partial charge in [-0.15, -0.1) is 0 Å². The Hall–Kier alpha value is -1.49. The zero-order valence-corrected chi connectivity index (χ0v) is 8.29. The van der Waals surface area contributed by atoms with Crippen molar-refractivity contribution in [2.45, 2.75) is 18.4 Å². The lowest BCUT2D eigenvalue weighted by atomic mass is 10.0. The molecule has 4 nitrogen and oxygen atoms in total. The van der Waals surface area contributed by atoms with Gasteiger partial charge in [0.25, 0.3) is 5.69 Å². The van der Waals surface area contributed by atoms with Crippen molar-refractivity contribution in [3.8, 4) is 0 Å². The van der Waals surface area contributed by atoms with Crippen LogP contribution in [0.15, 0.2) is 18.2 Å². The van der Waals surface area contributed by atoms with Crippen LogP contribution >= 0.6 is 0 Å². The zero-order chi connectivity index (χ0) is 11.1. The molecule has 1 fully saturated rings. The summed E-state index contributed by atoms with van der Waals surface area (Å²) in [7, 11) is 1.74. The van der Waals surface area contributed by atoms with Crippen molar-refractivity contribution >= 4 is 5.69 Å². The summed E-state index contributed by atoms with van der Waals surface area (Å²) >= 11 is 0. The largest absolute Gasteiger partial charge is 0.310 e. The molecule has 0 spiro atoms. The third kappa shape index (κ3) is 1.59. The summed E-state index contributed by atoms with van der Waals surface area (Å²) in [5.74, 6) is -0.433. The van der Waals surface area contributed by atoms with Crippen LogP contribution in [0.1, 0.15) is 18.4 Å². The highest BCUT2D eigenvalue weighted by Gasteiger charge is 2.46. The molecule has 1 aliphatic carbocycles. The van der Waals surface area contributed by atoms with Crippen LogP contribution in [0.4, 0.5) is 10.1 Å². The Morgan fingerprint density at radius 2 is 2.20 bits per heavy atom. The maximum atomic E-state index is 13.1. The first-order valence-electron chi connectivity index (χ1n) is 4.72. The number of nitrogens with zero attached hydrogens (tertiary/aromatic N) is 1. The van der Waals surface area contributed by atoms with Gasteiger partial charge in [0.1, 0.15) is 5.82 Å². The Balaban J connectivity index is 2.53. The van der Waals surface area contributed by atoms with Gasteiger partial charge in [-0.05, 0) is 32.0 Å². The molecule has 0 heterocycles. The van der Waals surface area contributed by atoms with Gasteiger partial charge < -0.3 is 5.32 Å². The van der Waals surface area contributed by atoms with E-state index < -0.39 is 10.7 Å². The predicted molar refractivity (Wildman–Crippen MR) is 53.0 cm³/mol. The minimum Gasteiger partial charge on any atom is -0.310 e. The second kappa shape index (κ2) is 3.27. The molecular weight excluding hydrogens is 199 g/mol. The first kappa shape index (κ1) is 10.0. The van der Waals surface area contributed by atoms with Crippen LogP contribution < -0.4 is 5.32 Å². The van der Waals surface area contributed by atoms with Crippen LogP contribution in [0.3, 0.4) is 0 Å². The maximum Gasteiger partial charge on any atom is 0.274 e. The molecule has 1 aromatic rings. The van der Waals surface area contributed by atoms with Crippen molar-refractivity contribution in [3.63, 3.8) is 0 Å². The van der Waals surface area contributed by atoms with E-state index >= 15 is 0 Å². The van der Waals surface area contributed by atoms with Crippen molar-refractivity contribution in [3.05, 3.63) is 39.7 Å². The Bertz CT molecular complexity index is 416. The summed E-state index contributed by atoms with van der Waals surface area (Å²) in [6, 6.07) is 3.59. The molecule has 0 radical (unpaired) electrons. The fourth-order valence-corrected chi connectivity index (χ4v) is 1.83. The summed E-state index contributed by atoms with van der Waals surface area (Å²) in [4.78, 5) is 10.3. The van der Waals surface area contributed by atoms with Gasteiger partial charge in [-0.3, -0.25) is 10.1 Å². The Morgan fingerprint density at radius 1 is 1.53 bits per heavy atom. The van der Waals surface area contributed by atoms with Crippen molar-refractivity contribution < 1.29 is 9.31 Å². The normalized spacial score (nSPS) is 17.5. The minimum atomic E-state index is -0.466. The van der Waals surface area contributed by atoms with Gasteiger partial charge in [-0.2, -0.15) is 0 Å². The van der Waals surface area contributed by atoms with E-state index in [-0.39, 0.29) is 11.2 Å². The molecule has 15 heavy (non-hydrogen) atoms. The SMILES string of the molecule is CNC1(c2cc(F)ccc2[N+](=O)[O-])CC1. The Kier molecular flexibility index (Phi) is 2.19. The number of benzene rings is 1. The lowest BCUT2D eigenvalue weighted by molar-refractivity contribution is -0.386. The van der Waals surface area contributed by atoms with E-state index in [1.807, 2.05) is 0 Å². The van der Waals surface area contributed by atoms with Gasteiger partial charge in [-0.25, -0.2) is 4.39 Å². The summed E-state index contributed by atoms with van der Waals surface area (Å²) in [5, 5.41) is 13.8. The summed E-state index contributed by atoms with van der Waals surface area (Å²) in [6.45, 7) is 0. The van der Waals surface area contributed by atoms with Crippen LogP contribution in [0.2, 0.25) is 0 Å². The molecule has 0 bridgehead atoms. The van der Waals surface area contributed by atoms with Crippen LogP contribution in [0, 0.1) is 15.9 Å². The van der Waals surface area contributed by atoms with Gasteiger partial charge in [0.2, 0.25) is 0 Å². The summed E-state index contributed by atoms with van der Waals surface area (Å²) < 4.78 is 13.1. The van der Waals surface area contributed by atoms with Crippen LogP contribution in [-0.4, -0.2) is 12.0 Å². The number of hydrogen-bond donors (Lipinski definition) is 1. The number of nitro groups is 1. The third-order valence-electron chi connectivity index (χ3n) is 2.90. The Labute approximate surface area is 86.3 Å². The van der Waals surface area contributed by atoms with Crippen molar-refractivity contribution in [1.29, 1.82) is 0 Å². The highest BCUT2D eigenvalue weighted by Crippen LogP contribution is 2.48. The van der Waals surface area contributed by atoms with E-state index in [1.165, 1.54) is 12.1 Å². The average molecular weight is 210 g/mol. The number of nitrogens with one attached hydrogen (secondary N) is 1. The topological polar surface area (TPSA) is 55.2 Å². The first-order valence-corrected chi connectivity index (χ1v) is 4.72. The van der Waals surface area contributed by atoms with Crippen LogP contribution in [0.25, 0.3) is 0 Å². The number of nitro benzene ring substituents is 1. The lowest BCUT2D eigenvalue weighted by Gasteiger charge is -2.14. The molecule has 0 unspecified atom stereocenters. The van der Waals surface area contributed by atoms with Crippen LogP contribution in [0.5, 0.6) is 0 Å². The zero-order valence-electron chi connectivity index (χ0n) is 8.29. The molecule has 1 N–H and O–H groups in total. The molecule has 1 aromatic carbocycles. The standard InChI is InChI=1S/C10H11FN2O2/c1-12-10(4-5-10)8-6-7(11)2-3-9(8)13(14)15/h2-3,6,12H,4-5H2,1H3. The third-order valence-corrected chi connectivity index (χ3v) is 2.90. The number of hydrogen-bond acceptors (Lipinski definition) is 3. The molecule has 0 atom stereocenters. The second-order valence-electron chi connectivity index (χ2n) is 3.75. The monoisotopic (exact) mass is 210 g/mol. The average Bonchev–Trinajstić information content (AvgIpc) is 2.97. The molecule has 2 rings (SSSR count). The second-order valence-corrected chi connectivity index (χ2v) is 3.75. The molecule has 0 aliphatic heterocycles. The summed E-state index contributed by atoms with van der Waals surface area (Å²) in [5.41, 5.74) is 0.0584. The fourth-order valence-electron chi connectivity index (χ4n) is 1.83. The molecule has 80 valence electrons. The van der Waals surface area contributed by atoms with Gasteiger partial charge in [0, 0.05) is 6.07 Å². The predicted octanol–water partition coefficient (Wildman–Crippen LogP) is 1.94. The molecule has 0 amide bonds. The van der Waals surface area contributed by atoms with E-state index in [2.05, 4.69) is 5.32 Å². The van der Waals surface area contributed by atoms with Gasteiger partial charge in [0.05, 0.1) is 16.0 Å². The molecular formula is C10H11FN2O2. The van der Waals surface area contributed by atoms with E-state index in [9.17, 15) is 14.5 Å². The van der Waals surface area contributed by atoms with E-state index in [1.54, 1.807) is 7.05 Å². The van der Waals surface area contributed by atoms with Crippen molar-refractivity contribution in [2.75, 3.05) is 7.05 Å². The molecule has 1 saturated carbocycles. The van der Waals surface area contributed by atoms with E-state index in [4.69, 9.17) is 0 Å². The highest BCUT2D eigenvalue weighted by molar-refractivity contribution is 5.47. The van der Waals surface area contributed by atoms with Gasteiger partial charge >= 0.3 is 0 Å². The fraction of sp³-hybridized carbons (Fsp3) is 0.400. The Morgan fingerprint density at radius 3 is 2.67 bits per heavy atom. The number of halogens is 1. The van der Waals surface area contributed by atoms with Crippen molar-refractivity contribution in [2.24, 2.45) is 0 Å².